The fourth-order valence-corrected chi connectivity index (χ4v) is 1.96. The van der Waals surface area contributed by atoms with Crippen LogP contribution in [0.2, 0.25) is 0 Å². The molecule has 0 amide bonds. The van der Waals surface area contributed by atoms with Crippen molar-refractivity contribution in [2.75, 3.05) is 0 Å². The van der Waals surface area contributed by atoms with Crippen LogP contribution >= 0.6 is 0 Å². The molecule has 0 saturated heterocycles. The maximum absolute atomic E-state index is 11.1. The standard InChI is InChI=1S/C8H5AsO3/c9-5-3-1-2-4-6(5)8(11)12-7(4)10/h1-3H,9H2. The normalized spacial score (nSPS) is 14.4. The van der Waals surface area contributed by atoms with Gasteiger partial charge in [0.25, 0.3) is 0 Å². The number of hydrogen-bond donors (Lipinski definition) is 0. The summed E-state index contributed by atoms with van der Waals surface area (Å²) in [5.41, 5.74) is 0.823. The Morgan fingerprint density at radius 2 is 1.92 bits per heavy atom. The Kier molecular flexibility index (Phi) is 1.55. The summed E-state index contributed by atoms with van der Waals surface area (Å²) >= 11 is 1.31. The Labute approximate surface area is 77.2 Å². The van der Waals surface area contributed by atoms with E-state index in [9.17, 15) is 9.59 Å². The van der Waals surface area contributed by atoms with E-state index in [0.29, 0.717) is 11.1 Å². The molecule has 0 bridgehead atoms. The average Bonchev–Trinajstić information content (AvgIpc) is 2.29. The maximum atomic E-state index is 11.1. The molecule has 1 aliphatic heterocycles. The number of cyclic esters (lactones) is 2. The summed E-state index contributed by atoms with van der Waals surface area (Å²) in [4.78, 5) is 22.1. The van der Waals surface area contributed by atoms with E-state index in [1.807, 2.05) is 0 Å². The van der Waals surface area contributed by atoms with Gasteiger partial charge in [0.2, 0.25) is 0 Å². The van der Waals surface area contributed by atoms with Crippen molar-refractivity contribution < 1.29 is 14.3 Å². The minimum absolute atomic E-state index is 0.391. The van der Waals surface area contributed by atoms with Gasteiger partial charge >= 0.3 is 76.8 Å². The summed E-state index contributed by atoms with van der Waals surface area (Å²) in [6, 6.07) is 5.15. The van der Waals surface area contributed by atoms with Crippen molar-refractivity contribution in [2.24, 2.45) is 0 Å². The monoisotopic (exact) mass is 224 g/mol. The second-order valence-corrected chi connectivity index (χ2v) is 3.75. The van der Waals surface area contributed by atoms with Crippen LogP contribution in [0.25, 0.3) is 0 Å². The van der Waals surface area contributed by atoms with Gasteiger partial charge in [0.05, 0.1) is 0 Å². The Bertz CT molecular complexity index is 384. The van der Waals surface area contributed by atoms with E-state index in [0.717, 1.165) is 4.35 Å². The van der Waals surface area contributed by atoms with E-state index in [4.69, 9.17) is 0 Å². The first-order valence-corrected chi connectivity index (χ1v) is 4.56. The number of esters is 2. The fraction of sp³-hybridized carbons (Fsp3) is 0. The summed E-state index contributed by atoms with van der Waals surface area (Å²) in [5, 5.41) is 0. The van der Waals surface area contributed by atoms with Crippen LogP contribution in [-0.4, -0.2) is 28.8 Å². The fourth-order valence-electron chi connectivity index (χ4n) is 1.16. The molecule has 1 aromatic carbocycles. The van der Waals surface area contributed by atoms with E-state index >= 15 is 0 Å². The predicted octanol–water partition coefficient (Wildman–Crippen LogP) is -0.744. The average molecular weight is 224 g/mol. The van der Waals surface area contributed by atoms with E-state index < -0.39 is 11.9 Å². The molecule has 0 aliphatic carbocycles. The van der Waals surface area contributed by atoms with Gasteiger partial charge in [-0.15, -0.1) is 0 Å². The van der Waals surface area contributed by atoms with Gasteiger partial charge in [-0.05, 0) is 0 Å². The van der Waals surface area contributed by atoms with Crippen LogP contribution in [-0.2, 0) is 4.74 Å². The molecule has 1 aromatic rings. The number of rotatable bonds is 0. The molecule has 60 valence electrons. The molecular weight excluding hydrogens is 219 g/mol. The predicted molar refractivity (Wildman–Crippen MR) is 44.4 cm³/mol. The molecular formula is C8H5AsO3. The van der Waals surface area contributed by atoms with Crippen LogP contribution in [0.1, 0.15) is 20.7 Å². The first-order chi connectivity index (χ1) is 5.70. The third-order valence-corrected chi connectivity index (χ3v) is 2.72. The summed E-state index contributed by atoms with van der Waals surface area (Å²) < 4.78 is 5.29. The van der Waals surface area contributed by atoms with Crippen molar-refractivity contribution in [2.45, 2.75) is 0 Å². The number of ether oxygens (including phenoxy) is 1. The Hall–Kier alpha value is -1.08. The molecule has 0 aromatic heterocycles. The summed E-state index contributed by atoms with van der Waals surface area (Å²) in [7, 11) is 0. The van der Waals surface area contributed by atoms with Gasteiger partial charge in [-0.2, -0.15) is 0 Å². The second-order valence-electron chi connectivity index (χ2n) is 2.45. The zero-order valence-corrected chi connectivity index (χ0v) is 8.46. The SMILES string of the molecule is O=C1OC(=O)c2c([AsH2])cccc21. The van der Waals surface area contributed by atoms with E-state index in [2.05, 4.69) is 4.74 Å². The van der Waals surface area contributed by atoms with E-state index in [1.165, 1.54) is 16.9 Å². The first kappa shape index (κ1) is 7.56. The number of hydrogen-bond acceptors (Lipinski definition) is 3. The molecule has 2 rings (SSSR count). The van der Waals surface area contributed by atoms with Gasteiger partial charge in [-0.25, -0.2) is 0 Å². The van der Waals surface area contributed by atoms with Crippen molar-refractivity contribution in [1.82, 2.24) is 0 Å². The third kappa shape index (κ3) is 0.901. The van der Waals surface area contributed by atoms with Crippen molar-refractivity contribution in [3.8, 4) is 0 Å². The van der Waals surface area contributed by atoms with Crippen LogP contribution in [0, 0.1) is 0 Å². The number of fused-ring (bicyclic) bond motifs is 1. The van der Waals surface area contributed by atoms with Gasteiger partial charge in [-0.1, -0.05) is 0 Å². The van der Waals surface area contributed by atoms with Crippen molar-refractivity contribution in [3.05, 3.63) is 29.3 Å². The zero-order chi connectivity index (χ0) is 8.72. The molecule has 3 nitrogen and oxygen atoms in total. The van der Waals surface area contributed by atoms with Crippen molar-refractivity contribution in [3.63, 3.8) is 0 Å². The minimum atomic E-state index is -0.533. The summed E-state index contributed by atoms with van der Waals surface area (Å²) in [6.45, 7) is 0. The number of carbonyl (C=O) groups is 2. The van der Waals surface area contributed by atoms with Crippen LogP contribution in [0.4, 0.5) is 0 Å². The first-order valence-electron chi connectivity index (χ1n) is 3.35. The van der Waals surface area contributed by atoms with Crippen molar-refractivity contribution >= 4 is 33.1 Å². The molecule has 1 heterocycles. The topological polar surface area (TPSA) is 43.4 Å². The molecule has 1 aliphatic rings. The van der Waals surface area contributed by atoms with Crippen LogP contribution < -0.4 is 4.35 Å². The molecule has 0 N–H and O–H groups in total. The molecule has 1 atom stereocenters. The summed E-state index contributed by atoms with van der Waals surface area (Å²) in [5.74, 6) is -1.05. The molecule has 12 heavy (non-hydrogen) atoms. The second kappa shape index (κ2) is 2.46. The molecule has 4 heteroatoms. The van der Waals surface area contributed by atoms with Gasteiger partial charge in [0.15, 0.2) is 0 Å². The quantitative estimate of drug-likeness (QED) is 0.331. The van der Waals surface area contributed by atoms with E-state index in [-0.39, 0.29) is 0 Å². The molecule has 0 radical (unpaired) electrons. The zero-order valence-electron chi connectivity index (χ0n) is 6.03. The molecule has 1 unspecified atom stereocenters. The third-order valence-electron chi connectivity index (χ3n) is 1.71. The van der Waals surface area contributed by atoms with Crippen LogP contribution in [0.5, 0.6) is 0 Å². The van der Waals surface area contributed by atoms with E-state index in [1.54, 1.807) is 18.2 Å². The van der Waals surface area contributed by atoms with Gasteiger partial charge in [0, 0.05) is 0 Å². The molecule has 0 fully saturated rings. The van der Waals surface area contributed by atoms with Crippen LogP contribution in [0.3, 0.4) is 0 Å². The van der Waals surface area contributed by atoms with Crippen LogP contribution in [0.15, 0.2) is 18.2 Å². The van der Waals surface area contributed by atoms with Gasteiger partial charge in [0.1, 0.15) is 0 Å². The number of benzene rings is 1. The molecule has 0 saturated carbocycles. The van der Waals surface area contributed by atoms with Gasteiger partial charge < -0.3 is 0 Å². The van der Waals surface area contributed by atoms with Crippen molar-refractivity contribution in [1.29, 1.82) is 0 Å². The summed E-state index contributed by atoms with van der Waals surface area (Å²) in [6.07, 6.45) is 0. The Balaban J connectivity index is 2.75. The number of carbonyl (C=O) groups excluding carboxylic acids is 2. The van der Waals surface area contributed by atoms with Gasteiger partial charge in [-0.3, -0.25) is 0 Å². The Morgan fingerprint density at radius 1 is 1.17 bits per heavy atom. The Morgan fingerprint density at radius 3 is 2.58 bits per heavy atom. The molecule has 0 spiro atoms.